The van der Waals surface area contributed by atoms with Crippen molar-refractivity contribution < 1.29 is 0 Å². The minimum Gasteiger partial charge on any atom is -0.393 e. The lowest BCUT2D eigenvalue weighted by Gasteiger charge is -2.36. The molecule has 1 aromatic carbocycles. The van der Waals surface area contributed by atoms with E-state index in [1.807, 2.05) is 0 Å². The van der Waals surface area contributed by atoms with Crippen LogP contribution in [0.5, 0.6) is 0 Å². The van der Waals surface area contributed by atoms with Gasteiger partial charge in [-0.1, -0.05) is 43.3 Å². The molecule has 1 aromatic rings. The second-order valence-electron chi connectivity index (χ2n) is 6.16. The Morgan fingerprint density at radius 1 is 1.37 bits per heavy atom. The van der Waals surface area contributed by atoms with Crippen LogP contribution >= 0.6 is 12.2 Å². The van der Waals surface area contributed by atoms with E-state index in [4.69, 9.17) is 18.0 Å². The predicted molar refractivity (Wildman–Crippen MR) is 84.6 cm³/mol. The summed E-state index contributed by atoms with van der Waals surface area (Å²) in [5, 5.41) is 0. The van der Waals surface area contributed by atoms with Gasteiger partial charge in [-0.3, -0.25) is 0 Å². The van der Waals surface area contributed by atoms with Gasteiger partial charge in [0.25, 0.3) is 0 Å². The van der Waals surface area contributed by atoms with Crippen LogP contribution < -0.4 is 10.6 Å². The highest BCUT2D eigenvalue weighted by atomic mass is 32.1. The van der Waals surface area contributed by atoms with Gasteiger partial charge in [-0.05, 0) is 37.8 Å². The first kappa shape index (κ1) is 12.9. The van der Waals surface area contributed by atoms with E-state index in [1.165, 1.54) is 24.1 Å². The molecule has 1 saturated carbocycles. The second kappa shape index (κ2) is 4.78. The van der Waals surface area contributed by atoms with Crippen molar-refractivity contribution in [3.05, 3.63) is 29.8 Å². The average Bonchev–Trinajstić information content (AvgIpc) is 2.97. The molecule has 1 aliphatic carbocycles. The zero-order chi connectivity index (χ0) is 13.5. The summed E-state index contributed by atoms with van der Waals surface area (Å²) in [4.78, 5) is 3.25. The number of nitrogens with two attached hydrogens (primary N) is 1. The van der Waals surface area contributed by atoms with Crippen molar-refractivity contribution in [2.24, 2.45) is 11.1 Å². The molecule has 0 saturated heterocycles. The first-order valence-electron chi connectivity index (χ1n) is 7.27. The first-order chi connectivity index (χ1) is 9.12. The minimum atomic E-state index is 0.0705. The van der Waals surface area contributed by atoms with E-state index >= 15 is 0 Å². The zero-order valence-electron chi connectivity index (χ0n) is 11.6. The molecule has 0 amide bonds. The molecular weight excluding hydrogens is 252 g/mol. The maximum atomic E-state index is 6.08. The number of fused-ring (bicyclic) bond motifs is 1. The Bertz CT molecular complexity index is 491. The van der Waals surface area contributed by atoms with E-state index in [2.05, 4.69) is 36.1 Å². The molecule has 3 rings (SSSR count). The van der Waals surface area contributed by atoms with Crippen molar-refractivity contribution in [3.8, 4) is 0 Å². The van der Waals surface area contributed by atoms with Crippen LogP contribution in [0.3, 0.4) is 0 Å². The SMILES string of the molecule is CC1Cc2ccccc2N1CC1(C(N)=S)CCCC1. The lowest BCUT2D eigenvalue weighted by molar-refractivity contribution is 0.420. The van der Waals surface area contributed by atoms with Crippen molar-refractivity contribution in [2.45, 2.75) is 45.1 Å². The minimum absolute atomic E-state index is 0.0705. The molecule has 3 heteroatoms. The standard InChI is InChI=1S/C16H22N2S/c1-12-10-13-6-2-3-7-14(13)18(12)11-16(15(17)19)8-4-5-9-16/h2-3,6-7,12H,4-5,8-11H2,1H3,(H2,17,19). The van der Waals surface area contributed by atoms with Crippen molar-refractivity contribution >= 4 is 22.9 Å². The number of rotatable bonds is 3. The lowest BCUT2D eigenvalue weighted by atomic mass is 9.85. The number of para-hydroxylation sites is 1. The number of anilines is 1. The number of hydrogen-bond donors (Lipinski definition) is 1. The van der Waals surface area contributed by atoms with Gasteiger partial charge in [0.05, 0.1) is 4.99 Å². The fourth-order valence-corrected chi connectivity index (χ4v) is 4.00. The second-order valence-corrected chi connectivity index (χ2v) is 6.60. The van der Waals surface area contributed by atoms with Crippen LogP contribution in [0.25, 0.3) is 0 Å². The molecule has 0 bridgehead atoms. The van der Waals surface area contributed by atoms with Gasteiger partial charge in [0, 0.05) is 23.7 Å². The van der Waals surface area contributed by atoms with Gasteiger partial charge in [-0.25, -0.2) is 0 Å². The molecule has 2 aliphatic rings. The highest BCUT2D eigenvalue weighted by Gasteiger charge is 2.40. The average molecular weight is 274 g/mol. The fourth-order valence-electron chi connectivity index (χ4n) is 3.73. The molecule has 0 spiro atoms. The Morgan fingerprint density at radius 3 is 2.74 bits per heavy atom. The van der Waals surface area contributed by atoms with Gasteiger partial charge < -0.3 is 10.6 Å². The molecule has 1 atom stereocenters. The Morgan fingerprint density at radius 2 is 2.05 bits per heavy atom. The summed E-state index contributed by atoms with van der Waals surface area (Å²) in [5.41, 5.74) is 9.00. The Labute approximate surface area is 121 Å². The molecule has 1 aliphatic heterocycles. The van der Waals surface area contributed by atoms with Crippen molar-refractivity contribution in [1.29, 1.82) is 0 Å². The maximum absolute atomic E-state index is 6.08. The summed E-state index contributed by atoms with van der Waals surface area (Å²) in [5.74, 6) is 0. The van der Waals surface area contributed by atoms with Crippen LogP contribution in [0.2, 0.25) is 0 Å². The van der Waals surface area contributed by atoms with Gasteiger partial charge in [-0.2, -0.15) is 0 Å². The molecule has 0 radical (unpaired) electrons. The molecule has 19 heavy (non-hydrogen) atoms. The molecule has 2 nitrogen and oxygen atoms in total. The van der Waals surface area contributed by atoms with Gasteiger partial charge in [0.2, 0.25) is 0 Å². The van der Waals surface area contributed by atoms with Gasteiger partial charge >= 0.3 is 0 Å². The summed E-state index contributed by atoms with van der Waals surface area (Å²) < 4.78 is 0. The summed E-state index contributed by atoms with van der Waals surface area (Å²) in [6.45, 7) is 3.31. The van der Waals surface area contributed by atoms with Gasteiger partial charge in [-0.15, -0.1) is 0 Å². The Kier molecular flexibility index (Phi) is 3.25. The molecule has 1 heterocycles. The predicted octanol–water partition coefficient (Wildman–Crippen LogP) is 3.28. The number of hydrogen-bond acceptors (Lipinski definition) is 2. The van der Waals surface area contributed by atoms with E-state index in [9.17, 15) is 0 Å². The number of nitrogens with zero attached hydrogens (tertiary/aromatic N) is 1. The van der Waals surface area contributed by atoms with Crippen LogP contribution in [-0.2, 0) is 6.42 Å². The molecule has 1 unspecified atom stereocenters. The smallest absolute Gasteiger partial charge is 0.0807 e. The van der Waals surface area contributed by atoms with E-state index in [-0.39, 0.29) is 5.41 Å². The number of thiocarbonyl (C=S) groups is 1. The van der Waals surface area contributed by atoms with E-state index in [0.717, 1.165) is 30.8 Å². The molecule has 102 valence electrons. The summed E-state index contributed by atoms with van der Waals surface area (Å²) >= 11 is 5.39. The van der Waals surface area contributed by atoms with Gasteiger partial charge in [0.15, 0.2) is 0 Å². The third kappa shape index (κ3) is 2.14. The van der Waals surface area contributed by atoms with Crippen LogP contribution in [0, 0.1) is 5.41 Å². The fraction of sp³-hybridized carbons (Fsp3) is 0.562. The van der Waals surface area contributed by atoms with Crippen LogP contribution in [0.1, 0.15) is 38.2 Å². The van der Waals surface area contributed by atoms with Crippen LogP contribution in [0.15, 0.2) is 24.3 Å². The van der Waals surface area contributed by atoms with E-state index in [1.54, 1.807) is 0 Å². The molecule has 0 aromatic heterocycles. The molecule has 1 fully saturated rings. The number of benzene rings is 1. The molecule has 2 N–H and O–H groups in total. The summed E-state index contributed by atoms with van der Waals surface area (Å²) in [6, 6.07) is 9.30. The van der Waals surface area contributed by atoms with Crippen molar-refractivity contribution in [2.75, 3.05) is 11.4 Å². The topological polar surface area (TPSA) is 29.3 Å². The van der Waals surface area contributed by atoms with E-state index in [0.29, 0.717) is 6.04 Å². The quantitative estimate of drug-likeness (QED) is 0.858. The largest absolute Gasteiger partial charge is 0.393 e. The van der Waals surface area contributed by atoms with Crippen molar-refractivity contribution in [1.82, 2.24) is 0 Å². The Hall–Kier alpha value is -1.09. The monoisotopic (exact) mass is 274 g/mol. The van der Waals surface area contributed by atoms with Crippen LogP contribution in [0.4, 0.5) is 5.69 Å². The highest BCUT2D eigenvalue weighted by molar-refractivity contribution is 7.80. The van der Waals surface area contributed by atoms with E-state index < -0.39 is 0 Å². The normalized spacial score (nSPS) is 24.5. The summed E-state index contributed by atoms with van der Waals surface area (Å²) in [7, 11) is 0. The third-order valence-electron chi connectivity index (χ3n) is 4.90. The molecular formula is C16H22N2S. The third-order valence-corrected chi connectivity index (χ3v) is 5.34. The van der Waals surface area contributed by atoms with Gasteiger partial charge in [0.1, 0.15) is 0 Å². The lowest BCUT2D eigenvalue weighted by Crippen LogP contribution is -2.46. The highest BCUT2D eigenvalue weighted by Crippen LogP contribution is 2.42. The maximum Gasteiger partial charge on any atom is 0.0807 e. The zero-order valence-corrected chi connectivity index (χ0v) is 12.4. The first-order valence-corrected chi connectivity index (χ1v) is 7.68. The van der Waals surface area contributed by atoms with Crippen LogP contribution in [-0.4, -0.2) is 17.6 Å². The van der Waals surface area contributed by atoms with Crippen molar-refractivity contribution in [3.63, 3.8) is 0 Å². The summed E-state index contributed by atoms with van der Waals surface area (Å²) in [6.07, 6.45) is 5.99. The Balaban J connectivity index is 1.89.